The smallest absolute Gasteiger partial charge is 0.237 e. The molecule has 0 saturated carbocycles. The van der Waals surface area contributed by atoms with Gasteiger partial charge in [0.2, 0.25) is 11.8 Å². The van der Waals surface area contributed by atoms with Gasteiger partial charge in [-0.2, -0.15) is 0 Å². The predicted octanol–water partition coefficient (Wildman–Crippen LogP) is 2.50. The standard InChI is InChI=1S/C16H19NO3/c1-11-10-15(19)17(16(11)20)14-8-6-13(7-9-14)5-3-4-12(2)18/h6-9,11H,3-5,10H2,1-2H3. The molecule has 0 aliphatic carbocycles. The van der Waals surface area contributed by atoms with Crippen LogP contribution < -0.4 is 4.90 Å². The fraction of sp³-hybridized carbons (Fsp3) is 0.438. The molecule has 0 aromatic heterocycles. The van der Waals surface area contributed by atoms with E-state index in [1.54, 1.807) is 26.0 Å². The van der Waals surface area contributed by atoms with Crippen LogP contribution in [0, 0.1) is 5.92 Å². The molecule has 0 bridgehead atoms. The first-order valence-electron chi connectivity index (χ1n) is 6.94. The van der Waals surface area contributed by atoms with E-state index in [-0.39, 0.29) is 23.5 Å². The Morgan fingerprint density at radius 1 is 1.25 bits per heavy atom. The summed E-state index contributed by atoms with van der Waals surface area (Å²) in [6.07, 6.45) is 2.53. The SMILES string of the molecule is CC(=O)CCCc1ccc(N2C(=O)CC(C)C2=O)cc1. The van der Waals surface area contributed by atoms with Gasteiger partial charge in [0, 0.05) is 18.8 Å². The minimum Gasteiger partial charge on any atom is -0.300 e. The Morgan fingerprint density at radius 2 is 1.90 bits per heavy atom. The fourth-order valence-corrected chi connectivity index (χ4v) is 2.41. The average Bonchev–Trinajstić information content (AvgIpc) is 2.64. The van der Waals surface area contributed by atoms with Crippen LogP contribution in [-0.4, -0.2) is 17.6 Å². The lowest BCUT2D eigenvalue weighted by Gasteiger charge is -2.14. The molecule has 0 N–H and O–H groups in total. The molecule has 0 spiro atoms. The van der Waals surface area contributed by atoms with Crippen LogP contribution in [0.1, 0.15) is 38.7 Å². The van der Waals surface area contributed by atoms with Crippen LogP contribution >= 0.6 is 0 Å². The van der Waals surface area contributed by atoms with Gasteiger partial charge in [0.05, 0.1) is 5.69 Å². The summed E-state index contributed by atoms with van der Waals surface area (Å²) in [5.41, 5.74) is 1.75. The number of anilines is 1. The van der Waals surface area contributed by atoms with Gasteiger partial charge in [-0.25, -0.2) is 0 Å². The number of Topliss-reactive ketones (excluding diaryl/α,β-unsaturated/α-hetero) is 1. The van der Waals surface area contributed by atoms with Gasteiger partial charge in [0.15, 0.2) is 0 Å². The molecule has 1 aliphatic heterocycles. The number of carbonyl (C=O) groups excluding carboxylic acids is 3. The van der Waals surface area contributed by atoms with E-state index in [9.17, 15) is 14.4 Å². The zero-order chi connectivity index (χ0) is 14.7. The Hall–Kier alpha value is -1.97. The van der Waals surface area contributed by atoms with Crippen LogP contribution in [0.2, 0.25) is 0 Å². The van der Waals surface area contributed by atoms with Gasteiger partial charge in [0.1, 0.15) is 5.78 Å². The second kappa shape index (κ2) is 5.99. The third kappa shape index (κ3) is 3.13. The number of nitrogens with zero attached hydrogens (tertiary/aromatic N) is 1. The topological polar surface area (TPSA) is 54.5 Å². The van der Waals surface area contributed by atoms with Crippen LogP contribution in [0.25, 0.3) is 0 Å². The summed E-state index contributed by atoms with van der Waals surface area (Å²) in [5.74, 6) is -0.284. The molecule has 1 saturated heterocycles. The number of rotatable bonds is 5. The number of amides is 2. The second-order valence-electron chi connectivity index (χ2n) is 5.39. The van der Waals surface area contributed by atoms with E-state index in [1.165, 1.54) is 4.90 Å². The summed E-state index contributed by atoms with van der Waals surface area (Å²) in [6, 6.07) is 7.44. The Balaban J connectivity index is 2.03. The van der Waals surface area contributed by atoms with Crippen molar-refractivity contribution in [3.05, 3.63) is 29.8 Å². The fourth-order valence-electron chi connectivity index (χ4n) is 2.41. The van der Waals surface area contributed by atoms with Gasteiger partial charge in [-0.3, -0.25) is 14.5 Å². The van der Waals surface area contributed by atoms with Crippen molar-refractivity contribution < 1.29 is 14.4 Å². The monoisotopic (exact) mass is 273 g/mol. The molecule has 1 atom stereocenters. The van der Waals surface area contributed by atoms with Crippen molar-refractivity contribution in [3.8, 4) is 0 Å². The van der Waals surface area contributed by atoms with Crippen molar-refractivity contribution in [3.63, 3.8) is 0 Å². The number of hydrogen-bond acceptors (Lipinski definition) is 3. The van der Waals surface area contributed by atoms with Crippen LogP contribution in [0.3, 0.4) is 0 Å². The van der Waals surface area contributed by atoms with E-state index in [0.717, 1.165) is 18.4 Å². The number of ketones is 1. The van der Waals surface area contributed by atoms with Crippen LogP contribution in [0.4, 0.5) is 5.69 Å². The van der Waals surface area contributed by atoms with Crippen molar-refractivity contribution in [2.45, 2.75) is 39.5 Å². The second-order valence-corrected chi connectivity index (χ2v) is 5.39. The molecule has 0 radical (unpaired) electrons. The van der Waals surface area contributed by atoms with Gasteiger partial charge < -0.3 is 4.79 Å². The maximum atomic E-state index is 11.9. The quantitative estimate of drug-likeness (QED) is 0.774. The molecular weight excluding hydrogens is 254 g/mol. The van der Waals surface area contributed by atoms with Gasteiger partial charge in [-0.15, -0.1) is 0 Å². The highest BCUT2D eigenvalue weighted by atomic mass is 16.2. The Labute approximate surface area is 118 Å². The largest absolute Gasteiger partial charge is 0.300 e. The third-order valence-corrected chi connectivity index (χ3v) is 3.56. The van der Waals surface area contributed by atoms with Gasteiger partial charge >= 0.3 is 0 Å². The molecule has 4 nitrogen and oxygen atoms in total. The molecule has 20 heavy (non-hydrogen) atoms. The summed E-state index contributed by atoms with van der Waals surface area (Å²) in [5, 5.41) is 0. The van der Waals surface area contributed by atoms with Crippen LogP contribution in [0.5, 0.6) is 0 Å². The highest BCUT2D eigenvalue weighted by molar-refractivity contribution is 6.20. The van der Waals surface area contributed by atoms with Crippen molar-refractivity contribution in [1.29, 1.82) is 0 Å². The van der Waals surface area contributed by atoms with Crippen LogP contribution in [-0.2, 0) is 20.8 Å². The average molecular weight is 273 g/mol. The molecule has 4 heteroatoms. The van der Waals surface area contributed by atoms with E-state index >= 15 is 0 Å². The zero-order valence-corrected chi connectivity index (χ0v) is 11.9. The molecule has 2 rings (SSSR count). The Morgan fingerprint density at radius 3 is 2.40 bits per heavy atom. The summed E-state index contributed by atoms with van der Waals surface area (Å²) in [6.45, 7) is 3.37. The molecule has 1 aliphatic rings. The maximum Gasteiger partial charge on any atom is 0.237 e. The molecule has 1 aromatic carbocycles. The summed E-state index contributed by atoms with van der Waals surface area (Å²) < 4.78 is 0. The molecule has 1 unspecified atom stereocenters. The molecule has 1 heterocycles. The van der Waals surface area contributed by atoms with E-state index in [1.807, 2.05) is 12.1 Å². The molecule has 1 aromatic rings. The number of aryl methyl sites for hydroxylation is 1. The molecule has 2 amide bonds. The number of carbonyl (C=O) groups is 3. The first-order chi connectivity index (χ1) is 9.49. The Bertz CT molecular complexity index is 533. The van der Waals surface area contributed by atoms with Gasteiger partial charge in [-0.05, 0) is 37.5 Å². The number of hydrogen-bond donors (Lipinski definition) is 0. The van der Waals surface area contributed by atoms with E-state index < -0.39 is 0 Å². The van der Waals surface area contributed by atoms with Crippen molar-refractivity contribution in [2.24, 2.45) is 5.92 Å². The zero-order valence-electron chi connectivity index (χ0n) is 11.9. The summed E-state index contributed by atoms with van der Waals surface area (Å²) >= 11 is 0. The van der Waals surface area contributed by atoms with E-state index in [0.29, 0.717) is 18.5 Å². The molecule has 106 valence electrons. The van der Waals surface area contributed by atoms with E-state index in [2.05, 4.69) is 0 Å². The lowest BCUT2D eigenvalue weighted by atomic mass is 10.1. The first-order valence-corrected chi connectivity index (χ1v) is 6.94. The number of imide groups is 1. The van der Waals surface area contributed by atoms with Gasteiger partial charge in [-0.1, -0.05) is 19.1 Å². The minimum atomic E-state index is -0.224. The normalized spacial score (nSPS) is 18.7. The highest BCUT2D eigenvalue weighted by Crippen LogP contribution is 2.26. The molecule has 1 fully saturated rings. The van der Waals surface area contributed by atoms with E-state index in [4.69, 9.17) is 0 Å². The van der Waals surface area contributed by atoms with Crippen molar-refractivity contribution in [2.75, 3.05) is 4.90 Å². The predicted molar refractivity (Wildman–Crippen MR) is 76.3 cm³/mol. The first kappa shape index (κ1) is 14.4. The lowest BCUT2D eigenvalue weighted by Crippen LogP contribution is -2.29. The Kier molecular flexibility index (Phi) is 4.32. The van der Waals surface area contributed by atoms with Crippen molar-refractivity contribution in [1.82, 2.24) is 0 Å². The maximum absolute atomic E-state index is 11.9. The number of benzene rings is 1. The molecular formula is C16H19NO3. The van der Waals surface area contributed by atoms with Gasteiger partial charge in [0.25, 0.3) is 0 Å². The summed E-state index contributed by atoms with van der Waals surface area (Å²) in [7, 11) is 0. The van der Waals surface area contributed by atoms with Crippen molar-refractivity contribution >= 4 is 23.3 Å². The lowest BCUT2D eigenvalue weighted by molar-refractivity contribution is -0.122. The minimum absolute atomic E-state index is 0.126. The third-order valence-electron chi connectivity index (χ3n) is 3.56. The van der Waals surface area contributed by atoms with Crippen LogP contribution in [0.15, 0.2) is 24.3 Å². The summed E-state index contributed by atoms with van der Waals surface area (Å²) in [4.78, 5) is 35.9. The highest BCUT2D eigenvalue weighted by Gasteiger charge is 2.36.